The van der Waals surface area contributed by atoms with E-state index in [2.05, 4.69) is 15.9 Å². The molecule has 108 valence electrons. The average Bonchev–Trinajstić information content (AvgIpc) is 2.46. The van der Waals surface area contributed by atoms with E-state index in [1.54, 1.807) is 4.90 Å². The van der Waals surface area contributed by atoms with Gasteiger partial charge >= 0.3 is 5.97 Å². The Hall–Kier alpha value is -1.67. The normalized spacial score (nSPS) is 15.0. The molecular formula is C12H13BrN2O5. The summed E-state index contributed by atoms with van der Waals surface area (Å²) >= 11 is 3.18. The van der Waals surface area contributed by atoms with E-state index in [1.807, 2.05) is 0 Å². The van der Waals surface area contributed by atoms with Gasteiger partial charge in [0, 0.05) is 23.6 Å². The maximum atomic E-state index is 11.9. The van der Waals surface area contributed by atoms with E-state index in [1.165, 1.54) is 19.2 Å². The van der Waals surface area contributed by atoms with Crippen LogP contribution in [0, 0.1) is 10.1 Å². The highest BCUT2D eigenvalue weighted by molar-refractivity contribution is 9.10. The second kappa shape index (κ2) is 6.19. The molecular weight excluding hydrogens is 332 g/mol. The van der Waals surface area contributed by atoms with Gasteiger partial charge < -0.3 is 14.4 Å². The van der Waals surface area contributed by atoms with Crippen LogP contribution >= 0.6 is 15.9 Å². The number of carbonyl (C=O) groups excluding carboxylic acids is 1. The third kappa shape index (κ3) is 2.91. The first-order chi connectivity index (χ1) is 9.54. The van der Waals surface area contributed by atoms with Gasteiger partial charge in [0.15, 0.2) is 0 Å². The molecule has 0 spiro atoms. The van der Waals surface area contributed by atoms with Gasteiger partial charge in [0.25, 0.3) is 5.69 Å². The number of hydrogen-bond donors (Lipinski definition) is 0. The Morgan fingerprint density at radius 3 is 2.65 bits per heavy atom. The Labute approximate surface area is 123 Å². The fourth-order valence-electron chi connectivity index (χ4n) is 2.11. The van der Waals surface area contributed by atoms with Crippen molar-refractivity contribution in [1.29, 1.82) is 0 Å². The van der Waals surface area contributed by atoms with Crippen molar-refractivity contribution in [2.75, 3.05) is 38.3 Å². The summed E-state index contributed by atoms with van der Waals surface area (Å²) in [4.78, 5) is 24.4. The van der Waals surface area contributed by atoms with Crippen LogP contribution in [-0.2, 0) is 9.47 Å². The zero-order valence-corrected chi connectivity index (χ0v) is 12.4. The van der Waals surface area contributed by atoms with E-state index < -0.39 is 10.9 Å². The molecule has 0 unspecified atom stereocenters. The molecule has 7 nitrogen and oxygen atoms in total. The van der Waals surface area contributed by atoms with Gasteiger partial charge in [-0.1, -0.05) is 15.9 Å². The van der Waals surface area contributed by atoms with Crippen LogP contribution in [0.3, 0.4) is 0 Å². The highest BCUT2D eigenvalue weighted by Gasteiger charge is 2.29. The van der Waals surface area contributed by atoms with E-state index in [9.17, 15) is 14.9 Å². The third-order valence-corrected chi connectivity index (χ3v) is 3.44. The summed E-state index contributed by atoms with van der Waals surface area (Å²) in [5.41, 5.74) is 0.338. The van der Waals surface area contributed by atoms with Crippen molar-refractivity contribution >= 4 is 33.3 Å². The predicted molar refractivity (Wildman–Crippen MR) is 75.2 cm³/mol. The zero-order valence-electron chi connectivity index (χ0n) is 10.8. The summed E-state index contributed by atoms with van der Waals surface area (Å²) in [6, 6.07) is 2.92. The van der Waals surface area contributed by atoms with E-state index in [-0.39, 0.29) is 16.9 Å². The van der Waals surface area contributed by atoms with Crippen molar-refractivity contribution in [3.05, 3.63) is 32.3 Å². The Morgan fingerprint density at radius 2 is 2.10 bits per heavy atom. The zero-order chi connectivity index (χ0) is 14.7. The van der Waals surface area contributed by atoms with Crippen LogP contribution in [0.25, 0.3) is 0 Å². The number of nitro benzene ring substituents is 1. The van der Waals surface area contributed by atoms with Crippen molar-refractivity contribution in [3.63, 3.8) is 0 Å². The monoisotopic (exact) mass is 344 g/mol. The number of rotatable bonds is 3. The van der Waals surface area contributed by atoms with Gasteiger partial charge in [0.05, 0.1) is 30.8 Å². The lowest BCUT2D eigenvalue weighted by atomic mass is 10.1. The molecule has 0 saturated carbocycles. The van der Waals surface area contributed by atoms with Crippen LogP contribution in [0.2, 0.25) is 0 Å². The standard InChI is InChI=1S/C12H13BrN2O5/c1-19-12(16)9-6-8(13)7-10(15(17)18)11(9)14-2-4-20-5-3-14/h6-7H,2-5H2,1H3. The lowest BCUT2D eigenvalue weighted by molar-refractivity contribution is -0.384. The molecule has 0 aromatic heterocycles. The fourth-order valence-corrected chi connectivity index (χ4v) is 2.55. The fraction of sp³-hybridized carbons (Fsp3) is 0.417. The molecule has 1 fully saturated rings. The predicted octanol–water partition coefficient (Wildman–Crippen LogP) is 1.98. The van der Waals surface area contributed by atoms with Crippen molar-refractivity contribution in [3.8, 4) is 0 Å². The largest absolute Gasteiger partial charge is 0.465 e. The summed E-state index contributed by atoms with van der Waals surface area (Å²) < 4.78 is 10.4. The summed E-state index contributed by atoms with van der Waals surface area (Å²) in [6.45, 7) is 1.92. The summed E-state index contributed by atoms with van der Waals surface area (Å²) in [6.07, 6.45) is 0. The molecule has 1 saturated heterocycles. The number of esters is 1. The number of nitrogens with zero attached hydrogens (tertiary/aromatic N) is 2. The number of anilines is 1. The third-order valence-electron chi connectivity index (χ3n) is 2.98. The van der Waals surface area contributed by atoms with E-state index in [0.717, 1.165) is 0 Å². The second-order valence-electron chi connectivity index (χ2n) is 4.17. The second-order valence-corrected chi connectivity index (χ2v) is 5.08. The van der Waals surface area contributed by atoms with Gasteiger partial charge in [0.2, 0.25) is 0 Å². The van der Waals surface area contributed by atoms with Gasteiger partial charge in [-0.15, -0.1) is 0 Å². The number of benzene rings is 1. The molecule has 1 aromatic carbocycles. The van der Waals surface area contributed by atoms with Crippen LogP contribution in [0.15, 0.2) is 16.6 Å². The summed E-state index contributed by atoms with van der Waals surface area (Å²) in [5.74, 6) is -0.601. The minimum absolute atomic E-state index is 0.123. The van der Waals surface area contributed by atoms with Gasteiger partial charge in [-0.3, -0.25) is 10.1 Å². The lowest BCUT2D eigenvalue weighted by Crippen LogP contribution is -2.37. The maximum Gasteiger partial charge on any atom is 0.340 e. The topological polar surface area (TPSA) is 81.9 Å². The number of carbonyl (C=O) groups is 1. The first-order valence-electron chi connectivity index (χ1n) is 5.93. The molecule has 1 aliphatic rings. The molecule has 1 aromatic rings. The Bertz CT molecular complexity index is 543. The molecule has 1 aliphatic heterocycles. The van der Waals surface area contributed by atoms with Crippen LogP contribution < -0.4 is 4.90 Å². The highest BCUT2D eigenvalue weighted by atomic mass is 79.9. The highest BCUT2D eigenvalue weighted by Crippen LogP contribution is 2.36. The summed E-state index contributed by atoms with van der Waals surface area (Å²) in [5, 5.41) is 11.3. The first kappa shape index (κ1) is 14.7. The molecule has 0 atom stereocenters. The van der Waals surface area contributed by atoms with Crippen molar-refractivity contribution in [2.45, 2.75) is 0 Å². The van der Waals surface area contributed by atoms with Crippen LogP contribution in [0.1, 0.15) is 10.4 Å². The molecule has 0 aliphatic carbocycles. The molecule has 0 radical (unpaired) electrons. The minimum atomic E-state index is -0.601. The number of ether oxygens (including phenoxy) is 2. The van der Waals surface area contributed by atoms with Crippen molar-refractivity contribution < 1.29 is 19.2 Å². The minimum Gasteiger partial charge on any atom is -0.465 e. The summed E-state index contributed by atoms with van der Waals surface area (Å²) in [7, 11) is 1.25. The van der Waals surface area contributed by atoms with E-state index in [4.69, 9.17) is 9.47 Å². The Balaban J connectivity index is 2.59. The van der Waals surface area contributed by atoms with Crippen molar-refractivity contribution in [1.82, 2.24) is 0 Å². The van der Waals surface area contributed by atoms with Crippen LogP contribution in [-0.4, -0.2) is 44.3 Å². The Morgan fingerprint density at radius 1 is 1.45 bits per heavy atom. The molecule has 0 bridgehead atoms. The van der Waals surface area contributed by atoms with E-state index >= 15 is 0 Å². The van der Waals surface area contributed by atoms with Gasteiger partial charge in [-0.2, -0.15) is 0 Å². The van der Waals surface area contributed by atoms with Gasteiger partial charge in [-0.25, -0.2) is 4.79 Å². The van der Waals surface area contributed by atoms with Crippen molar-refractivity contribution in [2.24, 2.45) is 0 Å². The first-order valence-corrected chi connectivity index (χ1v) is 6.73. The average molecular weight is 345 g/mol. The van der Waals surface area contributed by atoms with Crippen LogP contribution in [0.4, 0.5) is 11.4 Å². The Kier molecular flexibility index (Phi) is 4.56. The van der Waals surface area contributed by atoms with Gasteiger partial charge in [-0.05, 0) is 6.07 Å². The number of hydrogen-bond acceptors (Lipinski definition) is 6. The molecule has 20 heavy (non-hydrogen) atoms. The number of nitro groups is 1. The number of halogens is 1. The van der Waals surface area contributed by atoms with Gasteiger partial charge in [0.1, 0.15) is 5.69 Å². The van der Waals surface area contributed by atoms with Crippen LogP contribution in [0.5, 0.6) is 0 Å². The lowest BCUT2D eigenvalue weighted by Gasteiger charge is -2.29. The smallest absolute Gasteiger partial charge is 0.340 e. The number of methoxy groups -OCH3 is 1. The molecule has 2 rings (SSSR count). The van der Waals surface area contributed by atoms with E-state index in [0.29, 0.717) is 30.8 Å². The SMILES string of the molecule is COC(=O)c1cc(Br)cc([N+](=O)[O-])c1N1CCOCC1. The molecule has 8 heteroatoms. The molecule has 0 amide bonds. The molecule has 0 N–H and O–H groups in total. The number of morpholine rings is 1. The molecule has 1 heterocycles. The maximum absolute atomic E-state index is 11.9. The quantitative estimate of drug-likeness (QED) is 0.473.